The van der Waals surface area contributed by atoms with E-state index >= 15 is 0 Å². The van der Waals surface area contributed by atoms with Crippen molar-refractivity contribution in [3.05, 3.63) is 88.5 Å². The highest BCUT2D eigenvalue weighted by Gasteiger charge is 2.33. The summed E-state index contributed by atoms with van der Waals surface area (Å²) in [5.74, 6) is 0.494. The average molecular weight is 386 g/mol. The largest absolute Gasteiger partial charge is 0.329 e. The molecule has 0 bridgehead atoms. The molecule has 0 saturated carbocycles. The summed E-state index contributed by atoms with van der Waals surface area (Å²) < 4.78 is 2.03. The first kappa shape index (κ1) is 18.7. The van der Waals surface area contributed by atoms with Gasteiger partial charge < -0.3 is 9.88 Å². The van der Waals surface area contributed by atoms with E-state index in [0.717, 1.165) is 33.9 Å². The van der Waals surface area contributed by atoms with Crippen LogP contribution in [0.1, 0.15) is 28.1 Å². The highest BCUT2D eigenvalue weighted by atomic mass is 16.2. The first-order chi connectivity index (χ1) is 13.9. The van der Waals surface area contributed by atoms with Gasteiger partial charge in [0, 0.05) is 17.6 Å². The predicted octanol–water partition coefficient (Wildman–Crippen LogP) is 3.89. The topological polar surface area (TPSA) is 67.2 Å². The van der Waals surface area contributed by atoms with E-state index in [4.69, 9.17) is 0 Å². The van der Waals surface area contributed by atoms with Crippen LogP contribution in [0.3, 0.4) is 0 Å². The summed E-state index contributed by atoms with van der Waals surface area (Å²) in [6.45, 7) is 6.21. The number of pyridine rings is 1. The van der Waals surface area contributed by atoms with Crippen LogP contribution in [-0.2, 0) is 11.3 Å². The second kappa shape index (κ2) is 7.39. The molecule has 3 amide bonds. The number of nitrogens with one attached hydrogen (secondary N) is 1. The molecule has 0 unspecified atom stereocenters. The predicted molar refractivity (Wildman–Crippen MR) is 111 cm³/mol. The molecule has 1 fully saturated rings. The van der Waals surface area contributed by atoms with Crippen molar-refractivity contribution in [2.24, 2.45) is 0 Å². The van der Waals surface area contributed by atoms with Crippen LogP contribution in [0.4, 0.5) is 4.79 Å². The monoisotopic (exact) mass is 386 g/mol. The van der Waals surface area contributed by atoms with Gasteiger partial charge in [-0.05, 0) is 56.2 Å². The first-order valence-corrected chi connectivity index (χ1v) is 9.44. The Hall–Kier alpha value is -3.67. The van der Waals surface area contributed by atoms with Gasteiger partial charge in [-0.2, -0.15) is 0 Å². The number of amides is 3. The second-order valence-corrected chi connectivity index (χ2v) is 7.21. The Bertz CT molecular complexity index is 1110. The maximum atomic E-state index is 12.8. The Morgan fingerprint density at radius 3 is 2.48 bits per heavy atom. The van der Waals surface area contributed by atoms with Crippen molar-refractivity contribution in [3.8, 4) is 5.82 Å². The number of rotatable bonds is 4. The molecule has 2 aromatic heterocycles. The molecule has 3 heterocycles. The molecular weight excluding hydrogens is 364 g/mol. The van der Waals surface area contributed by atoms with Crippen LogP contribution in [0.25, 0.3) is 11.9 Å². The van der Waals surface area contributed by atoms with E-state index in [-0.39, 0.29) is 18.1 Å². The van der Waals surface area contributed by atoms with Gasteiger partial charge in [-0.1, -0.05) is 35.9 Å². The maximum absolute atomic E-state index is 12.8. The number of aromatic nitrogens is 2. The highest BCUT2D eigenvalue weighted by molar-refractivity contribution is 6.13. The van der Waals surface area contributed by atoms with Gasteiger partial charge in [-0.3, -0.25) is 9.69 Å². The van der Waals surface area contributed by atoms with Crippen LogP contribution in [-0.4, -0.2) is 26.4 Å². The second-order valence-electron chi connectivity index (χ2n) is 7.21. The van der Waals surface area contributed by atoms with Crippen LogP contribution in [0.5, 0.6) is 0 Å². The number of nitrogens with zero attached hydrogens (tertiary/aromatic N) is 3. The van der Waals surface area contributed by atoms with E-state index in [1.807, 2.05) is 73.9 Å². The maximum Gasteiger partial charge on any atom is 0.329 e. The molecule has 3 aromatic rings. The molecule has 146 valence electrons. The zero-order valence-corrected chi connectivity index (χ0v) is 16.6. The van der Waals surface area contributed by atoms with Crippen LogP contribution in [0.2, 0.25) is 0 Å². The summed E-state index contributed by atoms with van der Waals surface area (Å²) in [7, 11) is 0. The molecule has 1 aliphatic heterocycles. The molecule has 29 heavy (non-hydrogen) atoms. The van der Waals surface area contributed by atoms with Gasteiger partial charge in [0.05, 0.1) is 6.54 Å². The third kappa shape index (κ3) is 3.57. The number of benzene rings is 1. The number of hydrogen-bond acceptors (Lipinski definition) is 3. The summed E-state index contributed by atoms with van der Waals surface area (Å²) >= 11 is 0. The quantitative estimate of drug-likeness (QED) is 0.546. The SMILES string of the molecule is Cc1ccc(CN2C(=O)N/C(=C/c3cc(C)n(-c4ccccn4)c3C)C2=O)cc1. The van der Waals surface area contributed by atoms with Crippen molar-refractivity contribution in [1.82, 2.24) is 19.8 Å². The van der Waals surface area contributed by atoms with E-state index in [9.17, 15) is 9.59 Å². The van der Waals surface area contributed by atoms with Crippen molar-refractivity contribution in [3.63, 3.8) is 0 Å². The van der Waals surface area contributed by atoms with Crippen molar-refractivity contribution in [1.29, 1.82) is 0 Å². The van der Waals surface area contributed by atoms with E-state index in [1.54, 1.807) is 12.3 Å². The minimum absolute atomic E-state index is 0.245. The lowest BCUT2D eigenvalue weighted by Crippen LogP contribution is -2.30. The van der Waals surface area contributed by atoms with E-state index in [0.29, 0.717) is 0 Å². The molecule has 6 nitrogen and oxygen atoms in total. The average Bonchev–Trinajstić information content (AvgIpc) is 3.14. The number of aryl methyl sites for hydroxylation is 2. The van der Waals surface area contributed by atoms with Gasteiger partial charge in [-0.15, -0.1) is 0 Å². The summed E-state index contributed by atoms with van der Waals surface area (Å²) in [5.41, 5.74) is 5.15. The molecule has 1 N–H and O–H groups in total. The van der Waals surface area contributed by atoms with Gasteiger partial charge >= 0.3 is 6.03 Å². The molecule has 4 rings (SSSR count). The Labute approximate surface area is 169 Å². The number of hydrogen-bond donors (Lipinski definition) is 1. The molecule has 1 aromatic carbocycles. The first-order valence-electron chi connectivity index (χ1n) is 9.44. The van der Waals surface area contributed by atoms with Gasteiger partial charge in [0.15, 0.2) is 0 Å². The molecule has 0 radical (unpaired) electrons. The Balaban J connectivity index is 1.62. The van der Waals surface area contributed by atoms with Crippen LogP contribution >= 0.6 is 0 Å². The molecule has 6 heteroatoms. The standard InChI is InChI=1S/C23H22N4O2/c1-15-7-9-18(10-8-15)14-26-22(28)20(25-23(26)29)13-19-12-16(2)27(17(19)3)21-6-4-5-11-24-21/h4-13H,14H2,1-3H3,(H,25,29)/b20-13+. The molecule has 0 aliphatic carbocycles. The van der Waals surface area contributed by atoms with E-state index < -0.39 is 6.03 Å². The number of carbonyl (C=O) groups excluding carboxylic acids is 2. The Morgan fingerprint density at radius 2 is 1.79 bits per heavy atom. The van der Waals surface area contributed by atoms with Crippen LogP contribution in [0, 0.1) is 20.8 Å². The lowest BCUT2D eigenvalue weighted by molar-refractivity contribution is -0.123. The summed E-state index contributed by atoms with van der Waals surface area (Å²) in [4.78, 5) is 30.8. The van der Waals surface area contributed by atoms with Crippen molar-refractivity contribution >= 4 is 18.0 Å². The fourth-order valence-corrected chi connectivity index (χ4v) is 3.52. The fraction of sp³-hybridized carbons (Fsp3) is 0.174. The van der Waals surface area contributed by atoms with Crippen molar-refractivity contribution in [2.45, 2.75) is 27.3 Å². The summed E-state index contributed by atoms with van der Waals surface area (Å²) in [6, 6.07) is 15.1. The lowest BCUT2D eigenvalue weighted by atomic mass is 10.1. The fourth-order valence-electron chi connectivity index (χ4n) is 3.52. The number of urea groups is 1. The van der Waals surface area contributed by atoms with Gasteiger partial charge in [0.2, 0.25) is 0 Å². The minimum Gasteiger partial charge on any atom is -0.303 e. The number of carbonyl (C=O) groups is 2. The zero-order valence-electron chi connectivity index (χ0n) is 16.6. The van der Waals surface area contributed by atoms with Gasteiger partial charge in [-0.25, -0.2) is 9.78 Å². The molecule has 0 spiro atoms. The Morgan fingerprint density at radius 1 is 1.03 bits per heavy atom. The van der Waals surface area contributed by atoms with Crippen molar-refractivity contribution in [2.75, 3.05) is 0 Å². The van der Waals surface area contributed by atoms with Crippen LogP contribution in [0.15, 0.2) is 60.4 Å². The Kier molecular flexibility index (Phi) is 4.76. The zero-order chi connectivity index (χ0) is 20.5. The smallest absolute Gasteiger partial charge is 0.303 e. The highest BCUT2D eigenvalue weighted by Crippen LogP contribution is 2.23. The van der Waals surface area contributed by atoms with Gasteiger partial charge in [0.25, 0.3) is 5.91 Å². The van der Waals surface area contributed by atoms with E-state index in [1.165, 1.54) is 4.90 Å². The van der Waals surface area contributed by atoms with Crippen LogP contribution < -0.4 is 5.32 Å². The summed E-state index contributed by atoms with van der Waals surface area (Å²) in [6.07, 6.45) is 3.48. The lowest BCUT2D eigenvalue weighted by Gasteiger charge is -2.11. The molecule has 1 saturated heterocycles. The summed E-state index contributed by atoms with van der Waals surface area (Å²) in [5, 5.41) is 2.70. The third-order valence-electron chi connectivity index (χ3n) is 5.07. The van der Waals surface area contributed by atoms with Crippen molar-refractivity contribution < 1.29 is 9.59 Å². The minimum atomic E-state index is -0.402. The number of imide groups is 1. The molecule has 1 aliphatic rings. The van der Waals surface area contributed by atoms with E-state index in [2.05, 4.69) is 10.3 Å². The normalized spacial score (nSPS) is 15.3. The van der Waals surface area contributed by atoms with Gasteiger partial charge in [0.1, 0.15) is 11.5 Å². The molecule has 0 atom stereocenters. The molecular formula is C23H22N4O2. The third-order valence-corrected chi connectivity index (χ3v) is 5.07.